The number of amides is 2. The third-order valence-corrected chi connectivity index (χ3v) is 7.40. The minimum absolute atomic E-state index is 0. The first kappa shape index (κ1) is 25.0. The number of hydroxylamine groups is 2. The minimum Gasteiger partial charge on any atom is -0.374 e. The lowest BCUT2D eigenvalue weighted by Crippen LogP contribution is -2.53. The summed E-state index contributed by atoms with van der Waals surface area (Å²) in [6.07, 6.45) is 3.20. The van der Waals surface area contributed by atoms with Gasteiger partial charge in [0.2, 0.25) is 0 Å². The van der Waals surface area contributed by atoms with Crippen molar-refractivity contribution in [3.05, 3.63) is 64.4 Å². The van der Waals surface area contributed by atoms with Gasteiger partial charge in [0.1, 0.15) is 17.7 Å². The third kappa shape index (κ3) is 4.08. The number of aryl methyl sites for hydroxylation is 1. The largest absolute Gasteiger partial charge is 0.374 e. The van der Waals surface area contributed by atoms with E-state index < -0.39 is 11.6 Å². The molecule has 2 N–H and O–H groups in total. The lowest BCUT2D eigenvalue weighted by atomic mass is 9.98. The van der Waals surface area contributed by atoms with Gasteiger partial charge < -0.3 is 20.0 Å². The molecule has 37 heavy (non-hydrogen) atoms. The number of nitriles is 1. The van der Waals surface area contributed by atoms with Gasteiger partial charge in [0.05, 0.1) is 23.4 Å². The predicted molar refractivity (Wildman–Crippen MR) is 133 cm³/mol. The summed E-state index contributed by atoms with van der Waals surface area (Å²) in [6.45, 7) is 1.69. The van der Waals surface area contributed by atoms with Crippen molar-refractivity contribution in [1.82, 2.24) is 15.1 Å². The Morgan fingerprint density at radius 3 is 2.57 bits per heavy atom. The fourth-order valence-electron chi connectivity index (χ4n) is 5.66. The van der Waals surface area contributed by atoms with Crippen LogP contribution in [0.2, 0.25) is 0 Å². The van der Waals surface area contributed by atoms with Crippen LogP contribution in [0, 0.1) is 29.9 Å². The van der Waals surface area contributed by atoms with Gasteiger partial charge >= 0.3 is 6.03 Å². The Hall–Kier alpha value is -3.68. The Morgan fingerprint density at radius 1 is 1.16 bits per heavy atom. The first-order chi connectivity index (χ1) is 17.3. The number of halogens is 3. The molecule has 8 nitrogen and oxygen atoms in total. The lowest BCUT2D eigenvalue weighted by molar-refractivity contribution is -0.0399. The van der Waals surface area contributed by atoms with E-state index >= 15 is 4.39 Å². The van der Waals surface area contributed by atoms with Crippen molar-refractivity contribution in [3.63, 3.8) is 0 Å². The third-order valence-electron chi connectivity index (χ3n) is 7.40. The van der Waals surface area contributed by atoms with E-state index in [9.17, 15) is 9.18 Å². The SMILES string of the molecule is Cc1noc2cc(C3=C(c4ccc(C#N)c(F)c4)CN(C(=O)N4C5CCC4CC(N)C5)O3)c(F)cc12.Cl. The molecule has 192 valence electrons. The standard InChI is InChI=1S/C26H23F2N5O3.ClH/c1-13-19-9-23(28)20(10-24(19)35-31-13)25-21(14-2-3-15(11-29)22(27)6-14)12-32(36-25)26(34)33-17-4-5-18(33)8-16(30)7-17;/h2-3,6,9-10,16-18H,4-5,7-8,12,30H2,1H3;1H. The number of carbonyl (C=O) groups excluding carboxylic acids is 1. The molecule has 2 amide bonds. The number of aromatic nitrogens is 1. The fraction of sp³-hybridized carbons (Fsp3) is 0.346. The summed E-state index contributed by atoms with van der Waals surface area (Å²) in [4.78, 5) is 21.4. The molecule has 0 saturated carbocycles. The minimum atomic E-state index is -0.712. The van der Waals surface area contributed by atoms with Crippen LogP contribution < -0.4 is 5.73 Å². The van der Waals surface area contributed by atoms with E-state index in [1.54, 1.807) is 19.1 Å². The Labute approximate surface area is 217 Å². The van der Waals surface area contributed by atoms with E-state index in [4.69, 9.17) is 20.4 Å². The van der Waals surface area contributed by atoms with Gasteiger partial charge in [0.25, 0.3) is 0 Å². The van der Waals surface area contributed by atoms with Crippen molar-refractivity contribution in [2.75, 3.05) is 6.54 Å². The number of nitrogens with zero attached hydrogens (tertiary/aromatic N) is 4. The fourth-order valence-corrected chi connectivity index (χ4v) is 5.66. The number of benzene rings is 2. The van der Waals surface area contributed by atoms with Crippen molar-refractivity contribution < 1.29 is 22.9 Å². The Balaban J connectivity index is 0.00000280. The van der Waals surface area contributed by atoms with Gasteiger partial charge in [-0.15, -0.1) is 12.4 Å². The summed E-state index contributed by atoms with van der Waals surface area (Å²) in [6, 6.07) is 8.47. The number of piperidine rings is 1. The molecular formula is C26H24ClF2N5O3. The van der Waals surface area contributed by atoms with E-state index in [0.29, 0.717) is 27.8 Å². The smallest absolute Gasteiger partial charge is 0.353 e. The molecule has 0 spiro atoms. The molecule has 3 aliphatic rings. The quantitative estimate of drug-likeness (QED) is 0.508. The number of nitrogens with two attached hydrogens (primary N) is 1. The highest BCUT2D eigenvalue weighted by molar-refractivity contribution is 5.95. The van der Waals surface area contributed by atoms with Gasteiger partial charge in [-0.25, -0.2) is 13.6 Å². The van der Waals surface area contributed by atoms with E-state index in [1.165, 1.54) is 29.3 Å². The average molecular weight is 528 g/mol. The molecule has 3 aliphatic heterocycles. The van der Waals surface area contributed by atoms with Crippen LogP contribution in [0.1, 0.15) is 48.1 Å². The predicted octanol–water partition coefficient (Wildman–Crippen LogP) is 4.90. The topological polar surface area (TPSA) is 109 Å². The van der Waals surface area contributed by atoms with Crippen molar-refractivity contribution >= 4 is 40.7 Å². The zero-order valence-electron chi connectivity index (χ0n) is 19.9. The molecule has 11 heteroatoms. The number of fused-ring (bicyclic) bond motifs is 3. The molecule has 2 aromatic carbocycles. The summed E-state index contributed by atoms with van der Waals surface area (Å²) >= 11 is 0. The summed E-state index contributed by atoms with van der Waals surface area (Å²) < 4.78 is 35.2. The van der Waals surface area contributed by atoms with Gasteiger partial charge in [-0.2, -0.15) is 10.3 Å². The molecule has 2 bridgehead atoms. The van der Waals surface area contributed by atoms with E-state index in [1.807, 2.05) is 4.90 Å². The van der Waals surface area contributed by atoms with Crippen LogP contribution in [0.25, 0.3) is 22.3 Å². The molecule has 0 aliphatic carbocycles. The second kappa shape index (κ2) is 9.32. The summed E-state index contributed by atoms with van der Waals surface area (Å²) in [7, 11) is 0. The molecule has 2 saturated heterocycles. The van der Waals surface area contributed by atoms with Crippen LogP contribution in [-0.4, -0.2) is 45.8 Å². The van der Waals surface area contributed by atoms with Crippen LogP contribution in [0.3, 0.4) is 0 Å². The molecule has 3 aromatic rings. The van der Waals surface area contributed by atoms with Crippen LogP contribution in [0.15, 0.2) is 34.9 Å². The monoisotopic (exact) mass is 527 g/mol. The molecule has 2 atom stereocenters. The Morgan fingerprint density at radius 2 is 1.89 bits per heavy atom. The van der Waals surface area contributed by atoms with Gasteiger partial charge in [0, 0.05) is 29.1 Å². The van der Waals surface area contributed by atoms with E-state index in [0.717, 1.165) is 25.7 Å². The van der Waals surface area contributed by atoms with E-state index in [-0.39, 0.29) is 60.0 Å². The lowest BCUT2D eigenvalue weighted by Gasteiger charge is -2.39. The number of carbonyl (C=O) groups is 1. The Bertz CT molecular complexity index is 1470. The highest BCUT2D eigenvalue weighted by atomic mass is 35.5. The average Bonchev–Trinajstić information content (AvgIpc) is 3.53. The number of hydrogen-bond acceptors (Lipinski definition) is 6. The first-order valence-electron chi connectivity index (χ1n) is 11.9. The first-order valence-corrected chi connectivity index (χ1v) is 11.9. The highest BCUT2D eigenvalue weighted by Crippen LogP contribution is 2.41. The van der Waals surface area contributed by atoms with Crippen molar-refractivity contribution in [2.24, 2.45) is 5.73 Å². The van der Waals surface area contributed by atoms with Gasteiger partial charge in [-0.1, -0.05) is 11.2 Å². The maximum atomic E-state index is 15.3. The van der Waals surface area contributed by atoms with Crippen LogP contribution in [0.5, 0.6) is 0 Å². The van der Waals surface area contributed by atoms with Crippen LogP contribution >= 0.6 is 12.4 Å². The molecule has 0 radical (unpaired) electrons. The molecule has 1 aromatic heterocycles. The van der Waals surface area contributed by atoms with Gasteiger partial charge in [-0.3, -0.25) is 0 Å². The zero-order valence-corrected chi connectivity index (χ0v) is 20.7. The number of hydrogen-bond donors (Lipinski definition) is 1. The molecular weight excluding hydrogens is 504 g/mol. The summed E-state index contributed by atoms with van der Waals surface area (Å²) in [5.41, 5.74) is 7.82. The highest BCUT2D eigenvalue weighted by Gasteiger charge is 2.46. The van der Waals surface area contributed by atoms with Crippen molar-refractivity contribution in [3.8, 4) is 6.07 Å². The summed E-state index contributed by atoms with van der Waals surface area (Å²) in [5.74, 6) is -1.22. The zero-order chi connectivity index (χ0) is 25.1. The van der Waals surface area contributed by atoms with Crippen molar-refractivity contribution in [1.29, 1.82) is 5.26 Å². The maximum absolute atomic E-state index is 15.3. The van der Waals surface area contributed by atoms with Crippen LogP contribution in [0.4, 0.5) is 13.6 Å². The maximum Gasteiger partial charge on any atom is 0.353 e. The molecule has 2 unspecified atom stereocenters. The van der Waals surface area contributed by atoms with Crippen molar-refractivity contribution in [2.45, 2.75) is 50.7 Å². The second-order valence-corrected chi connectivity index (χ2v) is 9.64. The number of rotatable bonds is 2. The second-order valence-electron chi connectivity index (χ2n) is 9.64. The summed E-state index contributed by atoms with van der Waals surface area (Å²) in [5, 5.41) is 14.7. The molecule has 2 fully saturated rings. The van der Waals surface area contributed by atoms with Gasteiger partial charge in [-0.05, 0) is 62.4 Å². The van der Waals surface area contributed by atoms with E-state index in [2.05, 4.69) is 5.16 Å². The molecule has 4 heterocycles. The number of urea groups is 1. The van der Waals surface area contributed by atoms with Gasteiger partial charge in [0.15, 0.2) is 11.3 Å². The molecule has 6 rings (SSSR count). The van der Waals surface area contributed by atoms with Crippen LogP contribution in [-0.2, 0) is 4.84 Å². The normalized spacial score (nSPS) is 22.7. The Kier molecular flexibility index (Phi) is 6.30.